The van der Waals surface area contributed by atoms with Crippen molar-refractivity contribution in [1.29, 1.82) is 0 Å². The van der Waals surface area contributed by atoms with Crippen LogP contribution in [0.15, 0.2) is 36.5 Å². The maximum absolute atomic E-state index is 12.8. The highest BCUT2D eigenvalue weighted by Crippen LogP contribution is 2.24. The van der Waals surface area contributed by atoms with Crippen molar-refractivity contribution < 1.29 is 4.79 Å². The predicted molar refractivity (Wildman–Crippen MR) is 92.9 cm³/mol. The predicted octanol–water partition coefficient (Wildman–Crippen LogP) is 2.19. The first-order valence-electron chi connectivity index (χ1n) is 7.79. The second kappa shape index (κ2) is 7.62. The number of carbonyl (C=O) groups is 1. The molecule has 1 aliphatic rings. The van der Waals surface area contributed by atoms with Crippen molar-refractivity contribution in [3.63, 3.8) is 0 Å². The van der Waals surface area contributed by atoms with Crippen molar-refractivity contribution in [2.24, 2.45) is 7.05 Å². The molecular formula is C17H23ClN4O. The summed E-state index contributed by atoms with van der Waals surface area (Å²) >= 11 is 0. The van der Waals surface area contributed by atoms with Gasteiger partial charge in [-0.1, -0.05) is 31.2 Å². The van der Waals surface area contributed by atoms with Gasteiger partial charge >= 0.3 is 0 Å². The summed E-state index contributed by atoms with van der Waals surface area (Å²) in [5.74, 6) is 0.0473. The van der Waals surface area contributed by atoms with Crippen LogP contribution in [0.5, 0.6) is 0 Å². The van der Waals surface area contributed by atoms with Gasteiger partial charge in [0, 0.05) is 32.9 Å². The molecule has 0 saturated carbocycles. The fraction of sp³-hybridized carbons (Fsp3) is 0.412. The normalized spacial score (nSPS) is 17.7. The summed E-state index contributed by atoms with van der Waals surface area (Å²) in [5, 5.41) is 7.50. The number of aromatic nitrogens is 2. The van der Waals surface area contributed by atoms with Gasteiger partial charge in [0.05, 0.1) is 6.04 Å². The van der Waals surface area contributed by atoms with E-state index in [-0.39, 0.29) is 24.4 Å². The molecule has 124 valence electrons. The van der Waals surface area contributed by atoms with E-state index in [4.69, 9.17) is 0 Å². The van der Waals surface area contributed by atoms with Gasteiger partial charge in [-0.2, -0.15) is 5.10 Å². The van der Waals surface area contributed by atoms with Crippen LogP contribution in [-0.2, 0) is 13.5 Å². The monoisotopic (exact) mass is 334 g/mol. The molecule has 1 aromatic heterocycles. The Bertz CT molecular complexity index is 653. The molecule has 0 aliphatic carbocycles. The number of benzene rings is 1. The summed E-state index contributed by atoms with van der Waals surface area (Å²) < 4.78 is 1.64. The molecule has 6 heteroatoms. The molecule has 2 heterocycles. The van der Waals surface area contributed by atoms with Crippen LogP contribution in [0, 0.1) is 0 Å². The first-order valence-corrected chi connectivity index (χ1v) is 7.79. The lowest BCUT2D eigenvalue weighted by atomic mass is 10.0. The smallest absolute Gasteiger partial charge is 0.272 e. The summed E-state index contributed by atoms with van der Waals surface area (Å²) in [6, 6.07) is 10.4. The molecule has 1 saturated heterocycles. The summed E-state index contributed by atoms with van der Waals surface area (Å²) in [6.45, 7) is 4.47. The Morgan fingerprint density at radius 3 is 2.65 bits per heavy atom. The van der Waals surface area contributed by atoms with Crippen molar-refractivity contribution in [2.75, 3.05) is 19.6 Å². The molecule has 0 spiro atoms. The van der Waals surface area contributed by atoms with Crippen molar-refractivity contribution >= 4 is 18.3 Å². The Kier molecular flexibility index (Phi) is 5.80. The molecule has 1 aliphatic heterocycles. The molecule has 3 rings (SSSR count). The maximum Gasteiger partial charge on any atom is 0.272 e. The first kappa shape index (κ1) is 17.5. The van der Waals surface area contributed by atoms with E-state index in [9.17, 15) is 4.79 Å². The van der Waals surface area contributed by atoms with Crippen LogP contribution in [0.1, 0.15) is 34.6 Å². The van der Waals surface area contributed by atoms with Gasteiger partial charge in [0.1, 0.15) is 5.69 Å². The minimum Gasteiger partial charge on any atom is -0.328 e. The fourth-order valence-corrected chi connectivity index (χ4v) is 2.95. The zero-order valence-electron chi connectivity index (χ0n) is 13.5. The van der Waals surface area contributed by atoms with E-state index in [1.807, 2.05) is 4.90 Å². The molecule has 2 aromatic rings. The molecule has 0 bridgehead atoms. The average molecular weight is 335 g/mol. The van der Waals surface area contributed by atoms with Crippen LogP contribution < -0.4 is 5.32 Å². The number of halogens is 1. The summed E-state index contributed by atoms with van der Waals surface area (Å²) in [5.41, 5.74) is 3.13. The van der Waals surface area contributed by atoms with Crippen LogP contribution in [0.3, 0.4) is 0 Å². The highest BCUT2D eigenvalue weighted by molar-refractivity contribution is 5.93. The SMILES string of the molecule is CCc1ccc(C2CNCCN2C(=O)c2ccnn2C)cc1.Cl. The van der Waals surface area contributed by atoms with Crippen molar-refractivity contribution in [2.45, 2.75) is 19.4 Å². The van der Waals surface area contributed by atoms with Crippen LogP contribution in [0.2, 0.25) is 0 Å². The van der Waals surface area contributed by atoms with E-state index in [0.29, 0.717) is 12.2 Å². The Morgan fingerprint density at radius 2 is 2.04 bits per heavy atom. The van der Waals surface area contributed by atoms with Crippen molar-refractivity contribution in [1.82, 2.24) is 20.0 Å². The molecule has 1 amide bonds. The molecule has 1 aromatic carbocycles. The highest BCUT2D eigenvalue weighted by atomic mass is 35.5. The van der Waals surface area contributed by atoms with Crippen LogP contribution in [0.25, 0.3) is 0 Å². The number of nitrogens with zero attached hydrogens (tertiary/aromatic N) is 3. The van der Waals surface area contributed by atoms with Crippen molar-refractivity contribution in [3.05, 3.63) is 53.3 Å². The summed E-state index contributed by atoms with van der Waals surface area (Å²) in [7, 11) is 1.81. The van der Waals surface area contributed by atoms with Crippen LogP contribution in [0.4, 0.5) is 0 Å². The van der Waals surface area contributed by atoms with Gasteiger partial charge in [0.2, 0.25) is 0 Å². The van der Waals surface area contributed by atoms with E-state index in [1.54, 1.807) is 24.0 Å². The molecule has 1 atom stereocenters. The van der Waals surface area contributed by atoms with E-state index in [2.05, 4.69) is 41.6 Å². The third-order valence-corrected chi connectivity index (χ3v) is 4.32. The van der Waals surface area contributed by atoms with Gasteiger partial charge in [-0.15, -0.1) is 12.4 Å². The Morgan fingerprint density at radius 1 is 1.30 bits per heavy atom. The molecular weight excluding hydrogens is 312 g/mol. The average Bonchev–Trinajstić information content (AvgIpc) is 3.00. The number of hydrogen-bond acceptors (Lipinski definition) is 3. The van der Waals surface area contributed by atoms with Gasteiger partial charge in [-0.05, 0) is 23.6 Å². The minimum absolute atomic E-state index is 0. The second-order valence-electron chi connectivity index (χ2n) is 5.65. The zero-order chi connectivity index (χ0) is 15.5. The molecule has 5 nitrogen and oxygen atoms in total. The number of piperazine rings is 1. The molecule has 23 heavy (non-hydrogen) atoms. The maximum atomic E-state index is 12.8. The number of rotatable bonds is 3. The number of amides is 1. The quantitative estimate of drug-likeness (QED) is 0.936. The van der Waals surface area contributed by atoms with Gasteiger partial charge < -0.3 is 10.2 Å². The van der Waals surface area contributed by atoms with E-state index < -0.39 is 0 Å². The van der Waals surface area contributed by atoms with Crippen LogP contribution in [-0.4, -0.2) is 40.2 Å². The highest BCUT2D eigenvalue weighted by Gasteiger charge is 2.29. The van der Waals surface area contributed by atoms with Gasteiger partial charge in [0.15, 0.2) is 0 Å². The minimum atomic E-state index is 0. The topological polar surface area (TPSA) is 50.2 Å². The van der Waals surface area contributed by atoms with E-state index in [0.717, 1.165) is 19.5 Å². The molecule has 1 fully saturated rings. The number of nitrogens with one attached hydrogen (secondary N) is 1. The second-order valence-corrected chi connectivity index (χ2v) is 5.65. The van der Waals surface area contributed by atoms with Gasteiger partial charge in [-0.3, -0.25) is 9.48 Å². The number of carbonyl (C=O) groups excluding carboxylic acids is 1. The Balaban J connectivity index is 0.00000192. The lowest BCUT2D eigenvalue weighted by Crippen LogP contribution is -2.49. The largest absolute Gasteiger partial charge is 0.328 e. The van der Waals surface area contributed by atoms with Crippen molar-refractivity contribution in [3.8, 4) is 0 Å². The summed E-state index contributed by atoms with van der Waals surface area (Å²) in [6.07, 6.45) is 2.70. The molecule has 1 N–H and O–H groups in total. The zero-order valence-corrected chi connectivity index (χ0v) is 14.3. The Labute approximate surface area is 143 Å². The van der Waals surface area contributed by atoms with E-state index >= 15 is 0 Å². The first-order chi connectivity index (χ1) is 10.7. The fourth-order valence-electron chi connectivity index (χ4n) is 2.95. The Hall–Kier alpha value is -1.85. The number of hydrogen-bond donors (Lipinski definition) is 1. The van der Waals surface area contributed by atoms with Crippen LogP contribution >= 0.6 is 12.4 Å². The third kappa shape index (κ3) is 3.57. The number of aryl methyl sites for hydroxylation is 2. The van der Waals surface area contributed by atoms with E-state index in [1.165, 1.54) is 11.1 Å². The van der Waals surface area contributed by atoms with Gasteiger partial charge in [-0.25, -0.2) is 0 Å². The molecule has 1 unspecified atom stereocenters. The third-order valence-electron chi connectivity index (χ3n) is 4.32. The lowest BCUT2D eigenvalue weighted by Gasteiger charge is -2.36. The summed E-state index contributed by atoms with van der Waals surface area (Å²) in [4.78, 5) is 14.8. The van der Waals surface area contributed by atoms with Gasteiger partial charge in [0.25, 0.3) is 5.91 Å². The molecule has 0 radical (unpaired) electrons. The lowest BCUT2D eigenvalue weighted by molar-refractivity contribution is 0.0623. The standard InChI is InChI=1S/C17H22N4O.ClH/c1-3-13-4-6-14(7-5-13)16-12-18-10-11-21(16)17(22)15-8-9-19-20(15)2;/h4-9,16,18H,3,10-12H2,1-2H3;1H.